The molecule has 3 rings (SSSR count). The summed E-state index contributed by atoms with van der Waals surface area (Å²) >= 11 is 0. The summed E-state index contributed by atoms with van der Waals surface area (Å²) in [6, 6.07) is 4.02. The number of hydrogen-bond donors (Lipinski definition) is 1. The van der Waals surface area contributed by atoms with Gasteiger partial charge < -0.3 is 9.84 Å². The summed E-state index contributed by atoms with van der Waals surface area (Å²) in [4.78, 5) is 0. The van der Waals surface area contributed by atoms with Crippen molar-refractivity contribution in [3.05, 3.63) is 71.9 Å². The Morgan fingerprint density at radius 2 is 2.12 bits per heavy atom. The Morgan fingerprint density at radius 3 is 2.81 bits per heavy atom. The summed E-state index contributed by atoms with van der Waals surface area (Å²) in [6.07, 6.45) is 11.9. The number of fused-ring (bicyclic) bond motifs is 3. The standard InChI is InChI=1S/C24H30O2/c1-6-8-17(7-2)10-11-18-14-21(25)23-19-13-16(3)9-12-20(19)24(4,5)26-22(23)15-18/h6-8,13-15,19-20,25H,1-2,9-12H2,3-5H3/b17-8+. The van der Waals surface area contributed by atoms with Gasteiger partial charge in [0.05, 0.1) is 0 Å². The maximum absolute atomic E-state index is 10.8. The maximum atomic E-state index is 10.8. The molecule has 2 aliphatic rings. The highest BCUT2D eigenvalue weighted by molar-refractivity contribution is 5.54. The number of phenolic OH excluding ortho intramolecular Hbond substituents is 1. The highest BCUT2D eigenvalue weighted by Gasteiger charge is 2.45. The number of hydrogen-bond acceptors (Lipinski definition) is 2. The van der Waals surface area contributed by atoms with Gasteiger partial charge in [-0.05, 0) is 69.7 Å². The summed E-state index contributed by atoms with van der Waals surface area (Å²) in [5.41, 5.74) is 4.37. The molecule has 1 aliphatic heterocycles. The Morgan fingerprint density at radius 1 is 1.35 bits per heavy atom. The highest BCUT2D eigenvalue weighted by Crippen LogP contribution is 2.53. The molecule has 1 heterocycles. The van der Waals surface area contributed by atoms with Gasteiger partial charge in [0.2, 0.25) is 0 Å². The molecule has 0 bridgehead atoms. The van der Waals surface area contributed by atoms with Crippen LogP contribution in [0, 0.1) is 5.92 Å². The van der Waals surface area contributed by atoms with Crippen LogP contribution >= 0.6 is 0 Å². The number of benzene rings is 1. The first-order chi connectivity index (χ1) is 12.4. The van der Waals surface area contributed by atoms with E-state index in [9.17, 15) is 5.11 Å². The zero-order valence-electron chi connectivity index (χ0n) is 16.2. The third kappa shape index (κ3) is 3.51. The molecule has 2 nitrogen and oxygen atoms in total. The first-order valence-corrected chi connectivity index (χ1v) is 9.52. The van der Waals surface area contributed by atoms with Gasteiger partial charge in [-0.1, -0.05) is 43.0 Å². The normalized spacial score (nSPS) is 24.0. The number of rotatable bonds is 5. The molecule has 0 fully saturated rings. The van der Waals surface area contributed by atoms with Gasteiger partial charge in [0.1, 0.15) is 17.1 Å². The van der Waals surface area contributed by atoms with Crippen molar-refractivity contribution in [2.75, 3.05) is 0 Å². The summed E-state index contributed by atoms with van der Waals surface area (Å²) < 4.78 is 6.39. The van der Waals surface area contributed by atoms with Gasteiger partial charge in [-0.25, -0.2) is 0 Å². The molecule has 1 aromatic rings. The van der Waals surface area contributed by atoms with Gasteiger partial charge in [-0.2, -0.15) is 0 Å². The topological polar surface area (TPSA) is 29.5 Å². The lowest BCUT2D eigenvalue weighted by molar-refractivity contribution is 0.0107. The van der Waals surface area contributed by atoms with Gasteiger partial charge in [-0.3, -0.25) is 0 Å². The van der Waals surface area contributed by atoms with Crippen molar-refractivity contribution in [1.82, 2.24) is 0 Å². The lowest BCUT2D eigenvalue weighted by atomic mass is 9.68. The van der Waals surface area contributed by atoms with Gasteiger partial charge in [-0.15, -0.1) is 0 Å². The van der Waals surface area contributed by atoms with E-state index in [1.54, 1.807) is 6.08 Å². The van der Waals surface area contributed by atoms with E-state index in [4.69, 9.17) is 4.74 Å². The zero-order chi connectivity index (χ0) is 18.9. The number of phenols is 1. The third-order valence-corrected chi connectivity index (χ3v) is 5.82. The van der Waals surface area contributed by atoms with Gasteiger partial charge >= 0.3 is 0 Å². The van der Waals surface area contributed by atoms with Crippen molar-refractivity contribution in [1.29, 1.82) is 0 Å². The van der Waals surface area contributed by atoms with Crippen LogP contribution in [0.15, 0.2) is 60.7 Å². The summed E-state index contributed by atoms with van der Waals surface area (Å²) in [7, 11) is 0. The number of ether oxygens (including phenoxy) is 1. The highest BCUT2D eigenvalue weighted by atomic mass is 16.5. The molecule has 1 aromatic carbocycles. The molecule has 138 valence electrons. The molecule has 0 spiro atoms. The summed E-state index contributed by atoms with van der Waals surface area (Å²) in [5, 5.41) is 10.8. The number of allylic oxidation sites excluding steroid dienone is 6. The monoisotopic (exact) mass is 350 g/mol. The van der Waals surface area contributed by atoms with E-state index < -0.39 is 0 Å². The van der Waals surface area contributed by atoms with E-state index in [-0.39, 0.29) is 11.5 Å². The Kier molecular flexibility index (Phi) is 5.13. The van der Waals surface area contributed by atoms with Crippen LogP contribution in [-0.2, 0) is 6.42 Å². The van der Waals surface area contributed by atoms with Crippen LogP contribution in [0.4, 0.5) is 0 Å². The van der Waals surface area contributed by atoms with Crippen molar-refractivity contribution in [3.8, 4) is 11.5 Å². The predicted molar refractivity (Wildman–Crippen MR) is 109 cm³/mol. The lowest BCUT2D eigenvalue weighted by Crippen LogP contribution is -2.45. The molecule has 0 saturated carbocycles. The maximum Gasteiger partial charge on any atom is 0.127 e. The van der Waals surface area contributed by atoms with Crippen molar-refractivity contribution in [2.45, 2.75) is 58.0 Å². The van der Waals surface area contributed by atoms with Crippen LogP contribution in [0.3, 0.4) is 0 Å². The van der Waals surface area contributed by atoms with Gasteiger partial charge in [0, 0.05) is 17.4 Å². The second kappa shape index (κ2) is 7.19. The minimum atomic E-state index is -0.227. The molecule has 0 saturated heterocycles. The average molecular weight is 351 g/mol. The molecular formula is C24H30O2. The Balaban J connectivity index is 1.95. The molecular weight excluding hydrogens is 320 g/mol. The van der Waals surface area contributed by atoms with E-state index in [0.717, 1.165) is 48.1 Å². The zero-order valence-corrected chi connectivity index (χ0v) is 16.2. The smallest absolute Gasteiger partial charge is 0.127 e. The van der Waals surface area contributed by atoms with Gasteiger partial charge in [0.15, 0.2) is 0 Å². The van der Waals surface area contributed by atoms with Crippen molar-refractivity contribution in [2.24, 2.45) is 5.92 Å². The van der Waals surface area contributed by atoms with E-state index >= 15 is 0 Å². The Bertz CT molecular complexity index is 780. The molecule has 0 radical (unpaired) electrons. The summed E-state index contributed by atoms with van der Waals surface area (Å²) in [6.45, 7) is 14.1. The summed E-state index contributed by atoms with van der Waals surface area (Å²) in [5.74, 6) is 1.84. The van der Waals surface area contributed by atoms with Crippen molar-refractivity contribution in [3.63, 3.8) is 0 Å². The minimum Gasteiger partial charge on any atom is -0.507 e. The van der Waals surface area contributed by atoms with E-state index in [0.29, 0.717) is 11.7 Å². The lowest BCUT2D eigenvalue weighted by Gasteiger charge is -2.46. The Hall–Kier alpha value is -2.22. The first kappa shape index (κ1) is 18.6. The first-order valence-electron chi connectivity index (χ1n) is 9.52. The Labute approximate surface area is 157 Å². The molecule has 0 aromatic heterocycles. The minimum absolute atomic E-state index is 0.227. The van der Waals surface area contributed by atoms with Crippen LogP contribution < -0.4 is 4.74 Å². The molecule has 1 N–H and O–H groups in total. The third-order valence-electron chi connectivity index (χ3n) is 5.82. The van der Waals surface area contributed by atoms with Crippen molar-refractivity contribution < 1.29 is 9.84 Å². The SMILES string of the molecule is C=C/C=C(\C=C)CCc1cc(O)c2c(c1)OC(C)(C)C1CCC(C)=CC21. The fraction of sp³-hybridized carbons (Fsp3) is 0.417. The van der Waals surface area contributed by atoms with Crippen LogP contribution in [0.1, 0.15) is 57.1 Å². The van der Waals surface area contributed by atoms with Crippen molar-refractivity contribution >= 4 is 0 Å². The fourth-order valence-corrected chi connectivity index (χ4v) is 4.42. The molecule has 2 atom stereocenters. The fourth-order valence-electron chi connectivity index (χ4n) is 4.42. The van der Waals surface area contributed by atoms with E-state index in [1.807, 2.05) is 18.2 Å². The number of aromatic hydroxyl groups is 1. The van der Waals surface area contributed by atoms with Crippen LogP contribution in [0.2, 0.25) is 0 Å². The molecule has 0 amide bonds. The molecule has 2 unspecified atom stereocenters. The second-order valence-electron chi connectivity index (χ2n) is 8.10. The van der Waals surface area contributed by atoms with E-state index in [1.165, 1.54) is 5.57 Å². The molecule has 26 heavy (non-hydrogen) atoms. The largest absolute Gasteiger partial charge is 0.507 e. The number of aryl methyl sites for hydroxylation is 1. The van der Waals surface area contributed by atoms with Crippen LogP contribution in [0.5, 0.6) is 11.5 Å². The second-order valence-corrected chi connectivity index (χ2v) is 8.10. The van der Waals surface area contributed by atoms with Gasteiger partial charge in [0.25, 0.3) is 0 Å². The quantitative estimate of drug-likeness (QED) is 0.503. The molecule has 2 heteroatoms. The van der Waals surface area contributed by atoms with Crippen LogP contribution in [-0.4, -0.2) is 10.7 Å². The van der Waals surface area contributed by atoms with Crippen LogP contribution in [0.25, 0.3) is 0 Å². The average Bonchev–Trinajstić information content (AvgIpc) is 2.57. The molecule has 1 aliphatic carbocycles. The van der Waals surface area contributed by atoms with E-state index in [2.05, 4.69) is 46.1 Å². The predicted octanol–water partition coefficient (Wildman–Crippen LogP) is 6.23.